The zero-order valence-corrected chi connectivity index (χ0v) is 16.4. The van der Waals surface area contributed by atoms with E-state index >= 15 is 0 Å². The minimum atomic E-state index is 0.312. The van der Waals surface area contributed by atoms with E-state index in [0.717, 1.165) is 45.0 Å². The fourth-order valence-corrected chi connectivity index (χ4v) is 3.60. The number of nitrogens with one attached hydrogen (secondary N) is 2. The fraction of sp³-hybridized carbons (Fsp3) is 0.286. The Kier molecular flexibility index (Phi) is 3.98. The summed E-state index contributed by atoms with van der Waals surface area (Å²) in [6.45, 7) is 14.5. The van der Waals surface area contributed by atoms with Crippen molar-refractivity contribution >= 4 is 22.5 Å². The maximum absolute atomic E-state index is 4.85. The van der Waals surface area contributed by atoms with E-state index in [0.29, 0.717) is 5.92 Å². The lowest BCUT2D eigenvalue weighted by atomic mass is 9.95. The maximum atomic E-state index is 4.85. The van der Waals surface area contributed by atoms with Gasteiger partial charge in [-0.15, -0.1) is 0 Å². The van der Waals surface area contributed by atoms with Crippen LogP contribution in [0.3, 0.4) is 0 Å². The third-order valence-corrected chi connectivity index (χ3v) is 4.99. The molecular formula is C21H24N6. The summed E-state index contributed by atoms with van der Waals surface area (Å²) in [4.78, 5) is 12.8. The molecule has 2 N–H and O–H groups in total. The van der Waals surface area contributed by atoms with Crippen LogP contribution in [0, 0.1) is 13.8 Å². The molecule has 0 fully saturated rings. The fourth-order valence-electron chi connectivity index (χ4n) is 3.60. The van der Waals surface area contributed by atoms with E-state index < -0.39 is 0 Å². The number of anilines is 1. The van der Waals surface area contributed by atoms with E-state index in [1.165, 1.54) is 11.1 Å². The second kappa shape index (κ2) is 6.23. The SMILES string of the molecule is C=C(C)Nc1ccc2[nH]c(-c3cn4ncnc4c(C)c3C)c(C(C)C)c2n1. The molecule has 138 valence electrons. The molecule has 4 aromatic heterocycles. The minimum absolute atomic E-state index is 0.312. The molecule has 0 saturated carbocycles. The molecule has 4 heterocycles. The van der Waals surface area contributed by atoms with E-state index in [1.807, 2.05) is 23.7 Å². The number of H-pyrrole nitrogens is 1. The molecule has 0 bridgehead atoms. The molecule has 4 rings (SSSR count). The molecule has 0 unspecified atom stereocenters. The first-order valence-corrected chi connectivity index (χ1v) is 9.12. The van der Waals surface area contributed by atoms with Crippen molar-refractivity contribution in [3.8, 4) is 11.3 Å². The van der Waals surface area contributed by atoms with Crippen LogP contribution in [0.2, 0.25) is 0 Å². The van der Waals surface area contributed by atoms with Crippen molar-refractivity contribution in [2.24, 2.45) is 0 Å². The number of aromatic nitrogens is 5. The first-order chi connectivity index (χ1) is 12.9. The van der Waals surface area contributed by atoms with E-state index in [1.54, 1.807) is 6.33 Å². The summed E-state index contributed by atoms with van der Waals surface area (Å²) in [6.07, 6.45) is 3.64. The predicted octanol–water partition coefficient (Wildman–Crippen LogP) is 4.96. The van der Waals surface area contributed by atoms with Crippen molar-refractivity contribution in [1.29, 1.82) is 0 Å². The minimum Gasteiger partial charge on any atom is -0.353 e. The number of fused-ring (bicyclic) bond motifs is 2. The smallest absolute Gasteiger partial charge is 0.158 e. The quantitative estimate of drug-likeness (QED) is 0.540. The first kappa shape index (κ1) is 17.3. The second-order valence-electron chi connectivity index (χ2n) is 7.39. The van der Waals surface area contributed by atoms with E-state index in [-0.39, 0.29) is 0 Å². The van der Waals surface area contributed by atoms with Gasteiger partial charge in [0.2, 0.25) is 0 Å². The van der Waals surface area contributed by atoms with E-state index in [9.17, 15) is 0 Å². The third-order valence-electron chi connectivity index (χ3n) is 4.99. The predicted molar refractivity (Wildman–Crippen MR) is 110 cm³/mol. The number of allylic oxidation sites excluding steroid dienone is 1. The molecule has 6 nitrogen and oxygen atoms in total. The topological polar surface area (TPSA) is 70.9 Å². The average molecular weight is 360 g/mol. The number of hydrogen-bond donors (Lipinski definition) is 2. The van der Waals surface area contributed by atoms with Crippen LogP contribution in [0.5, 0.6) is 0 Å². The molecule has 4 aromatic rings. The van der Waals surface area contributed by atoms with Crippen molar-refractivity contribution < 1.29 is 0 Å². The molecule has 0 radical (unpaired) electrons. The Morgan fingerprint density at radius 3 is 2.70 bits per heavy atom. The van der Waals surface area contributed by atoms with Crippen LogP contribution in [0.4, 0.5) is 5.82 Å². The highest BCUT2D eigenvalue weighted by atomic mass is 15.3. The third kappa shape index (κ3) is 2.77. The molecule has 0 aliphatic heterocycles. The molecule has 0 aromatic carbocycles. The van der Waals surface area contributed by atoms with Gasteiger partial charge in [-0.2, -0.15) is 5.10 Å². The van der Waals surface area contributed by atoms with Gasteiger partial charge in [-0.1, -0.05) is 20.4 Å². The van der Waals surface area contributed by atoms with Gasteiger partial charge in [0.05, 0.1) is 16.7 Å². The van der Waals surface area contributed by atoms with Crippen molar-refractivity contribution in [1.82, 2.24) is 24.6 Å². The van der Waals surface area contributed by atoms with Crippen LogP contribution in [0.25, 0.3) is 27.9 Å². The van der Waals surface area contributed by atoms with Crippen molar-refractivity contribution in [2.45, 2.75) is 40.5 Å². The monoisotopic (exact) mass is 360 g/mol. The molecule has 0 atom stereocenters. The van der Waals surface area contributed by atoms with Gasteiger partial charge in [0.25, 0.3) is 0 Å². The van der Waals surface area contributed by atoms with Crippen LogP contribution in [0.15, 0.2) is 36.9 Å². The van der Waals surface area contributed by atoms with Crippen LogP contribution >= 0.6 is 0 Å². The van der Waals surface area contributed by atoms with Gasteiger partial charge < -0.3 is 10.3 Å². The van der Waals surface area contributed by atoms with Crippen LogP contribution in [-0.4, -0.2) is 24.6 Å². The second-order valence-corrected chi connectivity index (χ2v) is 7.39. The van der Waals surface area contributed by atoms with Gasteiger partial charge in [0, 0.05) is 23.0 Å². The van der Waals surface area contributed by atoms with E-state index in [4.69, 9.17) is 4.98 Å². The molecular weight excluding hydrogens is 336 g/mol. The van der Waals surface area contributed by atoms with Crippen molar-refractivity contribution in [3.63, 3.8) is 0 Å². The number of aryl methyl sites for hydroxylation is 1. The highest BCUT2D eigenvalue weighted by Gasteiger charge is 2.21. The van der Waals surface area contributed by atoms with Gasteiger partial charge in [-0.05, 0) is 49.9 Å². The molecule has 6 heteroatoms. The molecule has 0 spiro atoms. The lowest BCUT2D eigenvalue weighted by molar-refractivity contribution is 0.873. The largest absolute Gasteiger partial charge is 0.353 e. The standard InChI is InChI=1S/C21H24N6/c1-11(2)18-19(15-9-27-21(22-10-23-27)14(6)13(15)5)25-16-7-8-17(24-12(3)4)26-20(16)18/h7-11,25H,3H2,1-2,4-6H3,(H,24,26). The molecule has 0 amide bonds. The summed E-state index contributed by atoms with van der Waals surface area (Å²) >= 11 is 0. The normalized spacial score (nSPS) is 11.6. The summed E-state index contributed by atoms with van der Waals surface area (Å²) in [6, 6.07) is 4.04. The summed E-state index contributed by atoms with van der Waals surface area (Å²) in [5.41, 5.74) is 9.53. The summed E-state index contributed by atoms with van der Waals surface area (Å²) in [5.74, 6) is 1.12. The zero-order valence-electron chi connectivity index (χ0n) is 16.4. The molecule has 27 heavy (non-hydrogen) atoms. The Balaban J connectivity index is 2.00. The van der Waals surface area contributed by atoms with Crippen LogP contribution in [0.1, 0.15) is 43.4 Å². The Morgan fingerprint density at radius 2 is 2.00 bits per heavy atom. The Labute approximate surface area is 158 Å². The summed E-state index contributed by atoms with van der Waals surface area (Å²) < 4.78 is 1.84. The average Bonchev–Trinajstić information content (AvgIpc) is 3.21. The lowest BCUT2D eigenvalue weighted by Gasteiger charge is -2.13. The lowest BCUT2D eigenvalue weighted by Crippen LogP contribution is -2.00. The number of aromatic amines is 1. The number of hydrogen-bond acceptors (Lipinski definition) is 4. The van der Waals surface area contributed by atoms with Gasteiger partial charge in [-0.25, -0.2) is 14.5 Å². The number of rotatable bonds is 4. The highest BCUT2D eigenvalue weighted by molar-refractivity contribution is 5.90. The highest BCUT2D eigenvalue weighted by Crippen LogP contribution is 2.37. The summed E-state index contributed by atoms with van der Waals surface area (Å²) in [7, 11) is 0. The number of pyridine rings is 2. The first-order valence-electron chi connectivity index (χ1n) is 9.12. The zero-order chi connectivity index (χ0) is 19.3. The molecule has 0 saturated heterocycles. The van der Waals surface area contributed by atoms with Crippen LogP contribution in [-0.2, 0) is 0 Å². The Hall–Kier alpha value is -3.15. The molecule has 0 aliphatic carbocycles. The van der Waals surface area contributed by atoms with Crippen molar-refractivity contribution in [3.05, 3.63) is 53.6 Å². The van der Waals surface area contributed by atoms with Gasteiger partial charge in [0.15, 0.2) is 5.65 Å². The van der Waals surface area contributed by atoms with Gasteiger partial charge in [0.1, 0.15) is 12.1 Å². The maximum Gasteiger partial charge on any atom is 0.158 e. The molecule has 0 aliphatic rings. The summed E-state index contributed by atoms with van der Waals surface area (Å²) in [5, 5.41) is 7.55. The van der Waals surface area contributed by atoms with Gasteiger partial charge in [-0.3, -0.25) is 0 Å². The Bertz CT molecular complexity index is 1180. The van der Waals surface area contributed by atoms with Crippen molar-refractivity contribution in [2.75, 3.05) is 5.32 Å². The van der Waals surface area contributed by atoms with E-state index in [2.05, 4.69) is 60.7 Å². The van der Waals surface area contributed by atoms with Gasteiger partial charge >= 0.3 is 0 Å². The van der Waals surface area contributed by atoms with Crippen LogP contribution < -0.4 is 5.32 Å². The Morgan fingerprint density at radius 1 is 1.22 bits per heavy atom. The number of nitrogens with zero attached hydrogens (tertiary/aromatic N) is 4.